The number of aromatic nitrogens is 5. The van der Waals surface area contributed by atoms with Crippen LogP contribution in [0.25, 0.3) is 27.8 Å². The Balaban J connectivity index is 1.40. The number of hydrogen-bond acceptors (Lipinski definition) is 8. The lowest BCUT2D eigenvalue weighted by Crippen LogP contribution is -2.41. The van der Waals surface area contributed by atoms with Crippen LogP contribution in [0.4, 0.5) is 17.3 Å². The van der Waals surface area contributed by atoms with E-state index >= 15 is 0 Å². The lowest BCUT2D eigenvalue weighted by atomic mass is 10.1. The molecule has 0 aromatic carbocycles. The Morgan fingerprint density at radius 3 is 2.85 bits per heavy atom. The van der Waals surface area contributed by atoms with Crippen molar-refractivity contribution < 1.29 is 9.53 Å². The van der Waals surface area contributed by atoms with Crippen molar-refractivity contribution in [3.05, 3.63) is 36.8 Å². The summed E-state index contributed by atoms with van der Waals surface area (Å²) in [5.74, 6) is 1.92. The van der Waals surface area contributed by atoms with Gasteiger partial charge in [-0.25, -0.2) is 19.5 Å². The van der Waals surface area contributed by atoms with Gasteiger partial charge in [0.2, 0.25) is 5.91 Å². The molecule has 2 N–H and O–H groups in total. The maximum Gasteiger partial charge on any atom is 0.228 e. The first kappa shape index (κ1) is 20.8. The lowest BCUT2D eigenvalue weighted by Gasteiger charge is -2.32. The van der Waals surface area contributed by atoms with E-state index in [0.717, 1.165) is 53.6 Å². The van der Waals surface area contributed by atoms with Gasteiger partial charge in [-0.15, -0.1) is 5.10 Å². The Labute approximate surface area is 196 Å². The van der Waals surface area contributed by atoms with Gasteiger partial charge in [-0.2, -0.15) is 0 Å². The number of nitrogens with one attached hydrogen (secondary N) is 2. The SMILES string of the molecule is CNc1ncc(-c2nc3ccc(N4CCO[C@H](C)C4)cn3n2)c2cc(NC(=O)C3CC3)ncc12. The van der Waals surface area contributed by atoms with Gasteiger partial charge < -0.3 is 20.3 Å². The van der Waals surface area contributed by atoms with E-state index in [1.165, 1.54) is 0 Å². The fraction of sp³-hybridized carbons (Fsp3) is 0.375. The standard InChI is InChI=1S/C24H26N8O2/c1-14-12-31(7-8-34-14)16-5-6-21-29-23(30-32(21)13-16)19-11-27-22(25-2)18-10-26-20(9-17(18)19)28-24(33)15-3-4-15/h5-6,9-11,13-15H,3-4,7-8,12H2,1-2H3,(H,25,27)(H,26,28,33)/t14-/m1/s1. The number of carbonyl (C=O) groups excluding carboxylic acids is 1. The van der Waals surface area contributed by atoms with Crippen LogP contribution in [0.5, 0.6) is 0 Å². The van der Waals surface area contributed by atoms with Crippen LogP contribution in [0.2, 0.25) is 0 Å². The van der Waals surface area contributed by atoms with Gasteiger partial charge in [0.1, 0.15) is 11.6 Å². The normalized spacial score (nSPS) is 18.4. The first-order valence-electron chi connectivity index (χ1n) is 11.6. The molecule has 1 saturated heterocycles. The molecule has 1 amide bonds. The zero-order valence-corrected chi connectivity index (χ0v) is 19.2. The van der Waals surface area contributed by atoms with E-state index in [-0.39, 0.29) is 17.9 Å². The van der Waals surface area contributed by atoms with Gasteiger partial charge in [-0.3, -0.25) is 4.79 Å². The highest BCUT2D eigenvalue weighted by atomic mass is 16.5. The van der Waals surface area contributed by atoms with E-state index in [9.17, 15) is 4.79 Å². The largest absolute Gasteiger partial charge is 0.375 e. The second-order valence-electron chi connectivity index (χ2n) is 8.90. The zero-order chi connectivity index (χ0) is 23.2. The van der Waals surface area contributed by atoms with Gasteiger partial charge >= 0.3 is 0 Å². The summed E-state index contributed by atoms with van der Waals surface area (Å²) in [6.45, 7) is 4.49. The Kier molecular flexibility index (Phi) is 5.02. The highest BCUT2D eigenvalue weighted by Gasteiger charge is 2.30. The fourth-order valence-corrected chi connectivity index (χ4v) is 4.38. The van der Waals surface area contributed by atoms with Crippen LogP contribution in [0.3, 0.4) is 0 Å². The van der Waals surface area contributed by atoms with Crippen LogP contribution in [0.1, 0.15) is 19.8 Å². The summed E-state index contributed by atoms with van der Waals surface area (Å²) < 4.78 is 7.47. The molecule has 2 fully saturated rings. The molecule has 1 saturated carbocycles. The number of ether oxygens (including phenoxy) is 1. The molecule has 6 rings (SSSR count). The van der Waals surface area contributed by atoms with Gasteiger partial charge in [-0.05, 0) is 38.0 Å². The van der Waals surface area contributed by atoms with E-state index in [1.807, 2.05) is 25.4 Å². The summed E-state index contributed by atoms with van der Waals surface area (Å²) in [6, 6.07) is 5.92. The van der Waals surface area contributed by atoms with Crippen molar-refractivity contribution in [1.29, 1.82) is 0 Å². The second-order valence-corrected chi connectivity index (χ2v) is 8.90. The van der Waals surface area contributed by atoms with E-state index < -0.39 is 0 Å². The number of morpholine rings is 1. The number of carbonyl (C=O) groups is 1. The minimum atomic E-state index is 0.0205. The number of amides is 1. The first-order chi connectivity index (χ1) is 16.6. The molecule has 1 atom stereocenters. The quantitative estimate of drug-likeness (QED) is 0.470. The minimum Gasteiger partial charge on any atom is -0.375 e. The molecule has 5 heterocycles. The summed E-state index contributed by atoms with van der Waals surface area (Å²) in [5, 5.41) is 12.5. The molecule has 1 aliphatic carbocycles. The van der Waals surface area contributed by atoms with Gasteiger partial charge in [0.15, 0.2) is 11.5 Å². The van der Waals surface area contributed by atoms with Crippen molar-refractivity contribution in [2.45, 2.75) is 25.9 Å². The van der Waals surface area contributed by atoms with E-state index in [4.69, 9.17) is 14.8 Å². The number of pyridine rings is 3. The monoisotopic (exact) mass is 458 g/mol. The molecule has 0 unspecified atom stereocenters. The third kappa shape index (κ3) is 3.79. The molecule has 10 nitrogen and oxygen atoms in total. The maximum atomic E-state index is 12.3. The third-order valence-corrected chi connectivity index (χ3v) is 6.37. The van der Waals surface area contributed by atoms with Crippen molar-refractivity contribution in [2.75, 3.05) is 42.3 Å². The highest BCUT2D eigenvalue weighted by Crippen LogP contribution is 2.33. The Hall–Kier alpha value is -3.79. The summed E-state index contributed by atoms with van der Waals surface area (Å²) in [4.78, 5) is 28.3. The average Bonchev–Trinajstić information content (AvgIpc) is 3.62. The van der Waals surface area contributed by atoms with Crippen LogP contribution < -0.4 is 15.5 Å². The molecule has 1 aliphatic heterocycles. The Morgan fingerprint density at radius 1 is 1.18 bits per heavy atom. The van der Waals surface area contributed by atoms with Gasteiger partial charge in [0.05, 0.1) is 24.6 Å². The van der Waals surface area contributed by atoms with Crippen molar-refractivity contribution in [3.63, 3.8) is 0 Å². The molecular weight excluding hydrogens is 432 g/mol. The van der Waals surface area contributed by atoms with Gasteiger partial charge in [0.25, 0.3) is 0 Å². The number of nitrogens with zero attached hydrogens (tertiary/aromatic N) is 6. The van der Waals surface area contributed by atoms with Crippen LogP contribution in [0, 0.1) is 5.92 Å². The van der Waals surface area contributed by atoms with Gasteiger partial charge in [-0.1, -0.05) is 0 Å². The molecule has 174 valence electrons. The van der Waals surface area contributed by atoms with Gasteiger partial charge in [0, 0.05) is 54.8 Å². The molecule has 4 aromatic rings. The summed E-state index contributed by atoms with van der Waals surface area (Å²) >= 11 is 0. The fourth-order valence-electron chi connectivity index (χ4n) is 4.38. The second kappa shape index (κ2) is 8.21. The third-order valence-electron chi connectivity index (χ3n) is 6.37. The average molecular weight is 459 g/mol. The van der Waals surface area contributed by atoms with Crippen molar-refractivity contribution in [3.8, 4) is 11.4 Å². The molecule has 4 aromatic heterocycles. The van der Waals surface area contributed by atoms with Crippen molar-refractivity contribution >= 4 is 39.6 Å². The number of fused-ring (bicyclic) bond motifs is 2. The van der Waals surface area contributed by atoms with Crippen LogP contribution in [-0.2, 0) is 9.53 Å². The van der Waals surface area contributed by atoms with Crippen LogP contribution >= 0.6 is 0 Å². The molecule has 34 heavy (non-hydrogen) atoms. The minimum absolute atomic E-state index is 0.0205. The number of rotatable bonds is 5. The van der Waals surface area contributed by atoms with Crippen molar-refractivity contribution in [2.24, 2.45) is 5.92 Å². The Morgan fingerprint density at radius 2 is 2.06 bits per heavy atom. The molecule has 0 spiro atoms. The van der Waals surface area contributed by atoms with E-state index in [0.29, 0.717) is 24.1 Å². The zero-order valence-electron chi connectivity index (χ0n) is 19.2. The highest BCUT2D eigenvalue weighted by molar-refractivity contribution is 6.03. The molecule has 2 aliphatic rings. The topological polar surface area (TPSA) is 110 Å². The molecule has 10 heteroatoms. The lowest BCUT2D eigenvalue weighted by molar-refractivity contribution is -0.117. The molecule has 0 radical (unpaired) electrons. The van der Waals surface area contributed by atoms with E-state index in [1.54, 1.807) is 16.9 Å². The Bertz CT molecular complexity index is 1400. The maximum absolute atomic E-state index is 12.3. The number of anilines is 3. The predicted molar refractivity (Wildman–Crippen MR) is 130 cm³/mol. The number of hydrogen-bond donors (Lipinski definition) is 2. The molecule has 0 bridgehead atoms. The summed E-state index contributed by atoms with van der Waals surface area (Å²) in [7, 11) is 1.82. The predicted octanol–water partition coefficient (Wildman–Crippen LogP) is 2.95. The molecular formula is C24H26N8O2. The van der Waals surface area contributed by atoms with Crippen LogP contribution in [-0.4, -0.2) is 63.3 Å². The van der Waals surface area contributed by atoms with Crippen molar-refractivity contribution in [1.82, 2.24) is 24.6 Å². The summed E-state index contributed by atoms with van der Waals surface area (Å²) in [5.41, 5.74) is 2.62. The van der Waals surface area contributed by atoms with Crippen LogP contribution in [0.15, 0.2) is 36.8 Å². The summed E-state index contributed by atoms with van der Waals surface area (Å²) in [6.07, 6.45) is 7.57. The smallest absolute Gasteiger partial charge is 0.228 e. The van der Waals surface area contributed by atoms with E-state index in [2.05, 4.69) is 38.5 Å². The first-order valence-corrected chi connectivity index (χ1v) is 11.6.